The van der Waals surface area contributed by atoms with Crippen molar-refractivity contribution in [2.75, 3.05) is 12.4 Å². The number of benzene rings is 1. The second kappa shape index (κ2) is 5.31. The highest BCUT2D eigenvalue weighted by Crippen LogP contribution is 2.22. The van der Waals surface area contributed by atoms with Gasteiger partial charge in [-0.15, -0.1) is 0 Å². The Labute approximate surface area is 106 Å². The molecule has 0 fully saturated rings. The van der Waals surface area contributed by atoms with E-state index in [1.165, 1.54) is 6.92 Å². The van der Waals surface area contributed by atoms with E-state index < -0.39 is 0 Å². The minimum Gasteiger partial charge on any atom is -0.497 e. The zero-order chi connectivity index (χ0) is 13.0. The molecule has 0 aliphatic heterocycles. The largest absolute Gasteiger partial charge is 0.497 e. The third kappa shape index (κ3) is 2.66. The predicted octanol–water partition coefficient (Wildman–Crippen LogP) is 3.04. The van der Waals surface area contributed by atoms with Crippen molar-refractivity contribution in [1.29, 1.82) is 0 Å². The van der Waals surface area contributed by atoms with Crippen molar-refractivity contribution in [3.8, 4) is 5.75 Å². The summed E-state index contributed by atoms with van der Waals surface area (Å²) < 4.78 is 5.14. The second-order valence-corrected chi connectivity index (χ2v) is 3.81. The first-order valence-corrected chi connectivity index (χ1v) is 5.58. The maximum absolute atomic E-state index is 11.5. The highest BCUT2D eigenvalue weighted by Gasteiger charge is 2.07. The van der Waals surface area contributed by atoms with E-state index in [2.05, 4.69) is 10.3 Å². The summed E-state index contributed by atoms with van der Waals surface area (Å²) in [5.41, 5.74) is 1.40. The molecule has 18 heavy (non-hydrogen) atoms. The molecular weight excluding hydrogens is 228 g/mol. The molecule has 1 aromatic heterocycles. The molecule has 0 saturated carbocycles. The molecule has 2 rings (SSSR count). The monoisotopic (exact) mass is 242 g/mol. The van der Waals surface area contributed by atoms with Crippen LogP contribution in [0.5, 0.6) is 5.75 Å². The van der Waals surface area contributed by atoms with E-state index >= 15 is 0 Å². The maximum atomic E-state index is 11.5. The fourth-order valence-corrected chi connectivity index (χ4v) is 1.63. The number of carbonyl (C=O) groups excluding carboxylic acids is 1. The highest BCUT2D eigenvalue weighted by molar-refractivity contribution is 5.99. The Balaban J connectivity index is 2.31. The number of Topliss-reactive ketones (excluding diaryl/α,β-unsaturated/α-hetero) is 1. The molecule has 0 amide bonds. The number of rotatable bonds is 4. The number of hydrogen-bond donors (Lipinski definition) is 1. The quantitative estimate of drug-likeness (QED) is 0.837. The molecular formula is C14H14N2O2. The lowest BCUT2D eigenvalue weighted by Crippen LogP contribution is -2.02. The zero-order valence-electron chi connectivity index (χ0n) is 10.3. The summed E-state index contributed by atoms with van der Waals surface area (Å²) in [6, 6.07) is 11.0. The van der Waals surface area contributed by atoms with Gasteiger partial charge >= 0.3 is 0 Å². The molecule has 0 unspecified atom stereocenters. The first kappa shape index (κ1) is 12.1. The molecule has 0 aliphatic rings. The van der Waals surface area contributed by atoms with Crippen molar-refractivity contribution in [3.63, 3.8) is 0 Å². The van der Waals surface area contributed by atoms with E-state index in [1.54, 1.807) is 25.4 Å². The van der Waals surface area contributed by atoms with Crippen LogP contribution in [0.1, 0.15) is 17.3 Å². The minimum atomic E-state index is -0.0199. The van der Waals surface area contributed by atoms with Crippen LogP contribution in [0.25, 0.3) is 0 Å². The van der Waals surface area contributed by atoms with E-state index in [1.807, 2.05) is 24.3 Å². The van der Waals surface area contributed by atoms with Gasteiger partial charge in [0.05, 0.1) is 12.7 Å². The molecule has 4 nitrogen and oxygen atoms in total. The molecule has 92 valence electrons. The van der Waals surface area contributed by atoms with Crippen LogP contribution in [0.3, 0.4) is 0 Å². The molecule has 1 heterocycles. The summed E-state index contributed by atoms with van der Waals surface area (Å²) in [5, 5.41) is 3.12. The first-order chi connectivity index (χ1) is 8.70. The Morgan fingerprint density at radius 3 is 2.83 bits per heavy atom. The zero-order valence-corrected chi connectivity index (χ0v) is 10.3. The first-order valence-electron chi connectivity index (χ1n) is 5.58. The summed E-state index contributed by atoms with van der Waals surface area (Å²) in [7, 11) is 1.61. The van der Waals surface area contributed by atoms with Crippen LogP contribution in [0.15, 0.2) is 42.6 Å². The van der Waals surface area contributed by atoms with Gasteiger partial charge in [-0.3, -0.25) is 4.79 Å². The lowest BCUT2D eigenvalue weighted by atomic mass is 10.2. The number of pyridine rings is 1. The molecule has 0 atom stereocenters. The molecule has 1 aromatic carbocycles. The summed E-state index contributed by atoms with van der Waals surface area (Å²) >= 11 is 0. The van der Waals surface area contributed by atoms with Crippen molar-refractivity contribution in [2.45, 2.75) is 6.92 Å². The lowest BCUT2D eigenvalue weighted by Gasteiger charge is -2.09. The van der Waals surface area contributed by atoms with Crippen LogP contribution in [0, 0.1) is 0 Å². The number of methoxy groups -OCH3 is 1. The van der Waals surface area contributed by atoms with Crippen molar-refractivity contribution in [1.82, 2.24) is 4.98 Å². The number of ether oxygens (including phenoxy) is 1. The third-order valence-corrected chi connectivity index (χ3v) is 2.52. The molecule has 2 aromatic rings. The van der Waals surface area contributed by atoms with Crippen LogP contribution in [0.4, 0.5) is 11.5 Å². The van der Waals surface area contributed by atoms with Crippen LogP contribution in [-0.4, -0.2) is 17.9 Å². The fraction of sp³-hybridized carbons (Fsp3) is 0.143. The second-order valence-electron chi connectivity index (χ2n) is 3.81. The smallest absolute Gasteiger partial charge is 0.163 e. The van der Waals surface area contributed by atoms with Gasteiger partial charge in [0.25, 0.3) is 0 Å². The van der Waals surface area contributed by atoms with Crippen LogP contribution < -0.4 is 10.1 Å². The number of carbonyl (C=O) groups is 1. The van der Waals surface area contributed by atoms with Crippen LogP contribution in [-0.2, 0) is 0 Å². The molecule has 4 heteroatoms. The molecule has 0 radical (unpaired) electrons. The van der Waals surface area contributed by atoms with Gasteiger partial charge < -0.3 is 10.1 Å². The summed E-state index contributed by atoms with van der Waals surface area (Å²) in [5.74, 6) is 1.28. The van der Waals surface area contributed by atoms with Crippen molar-refractivity contribution in [2.24, 2.45) is 0 Å². The van der Waals surface area contributed by atoms with Crippen molar-refractivity contribution < 1.29 is 9.53 Å². The summed E-state index contributed by atoms with van der Waals surface area (Å²) in [6.45, 7) is 1.52. The van der Waals surface area contributed by atoms with Gasteiger partial charge in [-0.25, -0.2) is 4.98 Å². The molecule has 1 N–H and O–H groups in total. The normalized spacial score (nSPS) is 9.89. The standard InChI is InChI=1S/C14H14N2O2/c1-10(17)13-7-4-8-15-14(13)16-11-5-3-6-12(9-11)18-2/h3-9H,1-2H3,(H,15,16). The van der Waals surface area contributed by atoms with Gasteiger partial charge in [-0.05, 0) is 31.2 Å². The Morgan fingerprint density at radius 1 is 1.28 bits per heavy atom. The average molecular weight is 242 g/mol. The van der Waals surface area contributed by atoms with Gasteiger partial charge in [-0.1, -0.05) is 6.07 Å². The van der Waals surface area contributed by atoms with Crippen LogP contribution in [0.2, 0.25) is 0 Å². The Bertz CT molecular complexity index is 567. The van der Waals surface area contributed by atoms with Crippen molar-refractivity contribution >= 4 is 17.3 Å². The number of hydrogen-bond acceptors (Lipinski definition) is 4. The topological polar surface area (TPSA) is 51.2 Å². The van der Waals surface area contributed by atoms with E-state index in [4.69, 9.17) is 4.74 Å². The van der Waals surface area contributed by atoms with E-state index in [-0.39, 0.29) is 5.78 Å². The van der Waals surface area contributed by atoms with Gasteiger partial charge in [0, 0.05) is 18.0 Å². The Kier molecular flexibility index (Phi) is 3.57. The van der Waals surface area contributed by atoms with Gasteiger partial charge in [0.1, 0.15) is 11.6 Å². The number of aromatic nitrogens is 1. The Hall–Kier alpha value is -2.36. The number of ketones is 1. The minimum absolute atomic E-state index is 0.0199. The number of anilines is 2. The van der Waals surface area contributed by atoms with E-state index in [0.717, 1.165) is 11.4 Å². The Morgan fingerprint density at radius 2 is 2.11 bits per heavy atom. The highest BCUT2D eigenvalue weighted by atomic mass is 16.5. The van der Waals surface area contributed by atoms with Crippen molar-refractivity contribution in [3.05, 3.63) is 48.2 Å². The summed E-state index contributed by atoms with van der Waals surface area (Å²) in [4.78, 5) is 15.7. The number of nitrogens with one attached hydrogen (secondary N) is 1. The SMILES string of the molecule is COc1cccc(Nc2ncccc2C(C)=O)c1. The third-order valence-electron chi connectivity index (χ3n) is 2.52. The lowest BCUT2D eigenvalue weighted by molar-refractivity contribution is 0.101. The maximum Gasteiger partial charge on any atom is 0.163 e. The average Bonchev–Trinajstić information content (AvgIpc) is 2.39. The predicted molar refractivity (Wildman–Crippen MR) is 70.5 cm³/mol. The molecule has 0 spiro atoms. The van der Waals surface area contributed by atoms with Gasteiger partial charge in [0.2, 0.25) is 0 Å². The molecule has 0 bridgehead atoms. The summed E-state index contributed by atoms with van der Waals surface area (Å²) in [6.07, 6.45) is 1.65. The van der Waals surface area contributed by atoms with E-state index in [0.29, 0.717) is 11.4 Å². The fourth-order valence-electron chi connectivity index (χ4n) is 1.63. The van der Waals surface area contributed by atoms with Gasteiger partial charge in [0.15, 0.2) is 5.78 Å². The molecule has 0 aliphatic carbocycles. The van der Waals surface area contributed by atoms with Crippen LogP contribution >= 0.6 is 0 Å². The molecule has 0 saturated heterocycles. The van der Waals surface area contributed by atoms with Gasteiger partial charge in [-0.2, -0.15) is 0 Å². The number of nitrogens with zero attached hydrogens (tertiary/aromatic N) is 1. The van der Waals surface area contributed by atoms with E-state index in [9.17, 15) is 4.79 Å².